The number of likely N-dealkylation sites (tertiary alicyclic amines) is 1. The topological polar surface area (TPSA) is 46.3 Å². The third-order valence-corrected chi connectivity index (χ3v) is 4.26. The summed E-state index contributed by atoms with van der Waals surface area (Å²) < 4.78 is 18.3. The molecule has 0 saturated carbocycles. The molecule has 0 spiro atoms. The Morgan fingerprint density at radius 2 is 2.17 bits per heavy atom. The molecular weight excluding hydrogens is 295 g/mol. The molecule has 122 valence electrons. The Hall–Kier alpha value is -2.17. The Balaban J connectivity index is 1.70. The van der Waals surface area contributed by atoms with Crippen LogP contribution in [0.5, 0.6) is 0 Å². The van der Waals surface area contributed by atoms with Crippen LogP contribution < -0.4 is 0 Å². The van der Waals surface area contributed by atoms with Gasteiger partial charge in [0.05, 0.1) is 12.5 Å². The summed E-state index contributed by atoms with van der Waals surface area (Å²) in [5.41, 5.74) is 1.67. The molecular formula is C18H21FN2O2. The summed E-state index contributed by atoms with van der Waals surface area (Å²) in [4.78, 5) is 14.5. The molecule has 1 aliphatic heterocycles. The molecule has 3 rings (SSSR count). The van der Waals surface area contributed by atoms with Crippen molar-refractivity contribution in [1.29, 1.82) is 0 Å². The summed E-state index contributed by atoms with van der Waals surface area (Å²) in [6.07, 6.45) is 4.04. The highest BCUT2D eigenvalue weighted by Gasteiger charge is 2.32. The number of carbonyl (C=O) groups excluding carboxylic acids is 1. The SMILES string of the molecule is CCCc1cc([C@H]2CCCN2C(=O)Cc2ccc(F)cc2)no1. The number of aryl methyl sites for hydroxylation is 1. The monoisotopic (exact) mass is 316 g/mol. The van der Waals surface area contributed by atoms with E-state index in [1.807, 2.05) is 11.0 Å². The fourth-order valence-electron chi connectivity index (χ4n) is 3.10. The number of nitrogens with zero attached hydrogens (tertiary/aromatic N) is 2. The first kappa shape index (κ1) is 15.7. The summed E-state index contributed by atoms with van der Waals surface area (Å²) in [6.45, 7) is 2.83. The van der Waals surface area contributed by atoms with E-state index in [2.05, 4.69) is 12.1 Å². The summed E-state index contributed by atoms with van der Waals surface area (Å²) >= 11 is 0. The van der Waals surface area contributed by atoms with E-state index < -0.39 is 0 Å². The second-order valence-electron chi connectivity index (χ2n) is 6.02. The van der Waals surface area contributed by atoms with Gasteiger partial charge in [0.15, 0.2) is 0 Å². The minimum atomic E-state index is -0.286. The number of aromatic nitrogens is 1. The Kier molecular flexibility index (Phi) is 4.74. The van der Waals surface area contributed by atoms with Crippen LogP contribution in [0.2, 0.25) is 0 Å². The second-order valence-corrected chi connectivity index (χ2v) is 6.02. The lowest BCUT2D eigenvalue weighted by atomic mass is 10.1. The maximum absolute atomic E-state index is 13.0. The van der Waals surface area contributed by atoms with Gasteiger partial charge in [0, 0.05) is 19.0 Å². The number of benzene rings is 1. The van der Waals surface area contributed by atoms with E-state index in [1.54, 1.807) is 12.1 Å². The average Bonchev–Trinajstić information content (AvgIpc) is 3.18. The highest BCUT2D eigenvalue weighted by atomic mass is 19.1. The van der Waals surface area contributed by atoms with Crippen molar-refractivity contribution in [1.82, 2.24) is 10.1 Å². The van der Waals surface area contributed by atoms with E-state index >= 15 is 0 Å². The van der Waals surface area contributed by atoms with Gasteiger partial charge in [0.25, 0.3) is 0 Å². The first-order valence-corrected chi connectivity index (χ1v) is 8.16. The zero-order valence-corrected chi connectivity index (χ0v) is 13.3. The summed E-state index contributed by atoms with van der Waals surface area (Å²) in [5.74, 6) is 0.644. The number of carbonyl (C=O) groups is 1. The minimum Gasteiger partial charge on any atom is -0.361 e. The van der Waals surface area contributed by atoms with Crippen molar-refractivity contribution in [2.45, 2.75) is 45.1 Å². The lowest BCUT2D eigenvalue weighted by Crippen LogP contribution is -2.32. The van der Waals surface area contributed by atoms with E-state index in [0.29, 0.717) is 0 Å². The predicted octanol–water partition coefficient (Wildman–Crippen LogP) is 3.67. The van der Waals surface area contributed by atoms with Crippen LogP contribution in [0.4, 0.5) is 4.39 Å². The van der Waals surface area contributed by atoms with Crippen molar-refractivity contribution in [3.8, 4) is 0 Å². The predicted molar refractivity (Wildman–Crippen MR) is 84.3 cm³/mol. The van der Waals surface area contributed by atoms with E-state index in [9.17, 15) is 9.18 Å². The molecule has 4 nitrogen and oxygen atoms in total. The number of hydrogen-bond acceptors (Lipinski definition) is 3. The van der Waals surface area contributed by atoms with Crippen LogP contribution in [0, 0.1) is 5.82 Å². The van der Waals surface area contributed by atoms with Crippen molar-refractivity contribution in [3.05, 3.63) is 53.2 Å². The highest BCUT2D eigenvalue weighted by molar-refractivity contribution is 5.79. The van der Waals surface area contributed by atoms with Crippen LogP contribution in [0.1, 0.15) is 49.2 Å². The van der Waals surface area contributed by atoms with Crippen molar-refractivity contribution >= 4 is 5.91 Å². The zero-order chi connectivity index (χ0) is 16.2. The van der Waals surface area contributed by atoms with Gasteiger partial charge in [-0.15, -0.1) is 0 Å². The van der Waals surface area contributed by atoms with Crippen molar-refractivity contribution < 1.29 is 13.7 Å². The zero-order valence-electron chi connectivity index (χ0n) is 13.3. The third kappa shape index (κ3) is 3.60. The van der Waals surface area contributed by atoms with E-state index in [1.165, 1.54) is 12.1 Å². The molecule has 0 radical (unpaired) electrons. The second kappa shape index (κ2) is 6.94. The Bertz CT molecular complexity index is 666. The quantitative estimate of drug-likeness (QED) is 0.845. The Morgan fingerprint density at radius 1 is 1.39 bits per heavy atom. The molecule has 0 unspecified atom stereocenters. The molecule has 1 saturated heterocycles. The molecule has 0 bridgehead atoms. The third-order valence-electron chi connectivity index (χ3n) is 4.26. The molecule has 2 heterocycles. The van der Waals surface area contributed by atoms with Gasteiger partial charge in [-0.2, -0.15) is 0 Å². The average molecular weight is 316 g/mol. The largest absolute Gasteiger partial charge is 0.361 e. The van der Waals surface area contributed by atoms with Crippen molar-refractivity contribution in [2.75, 3.05) is 6.54 Å². The molecule has 0 N–H and O–H groups in total. The molecule has 5 heteroatoms. The fraction of sp³-hybridized carbons (Fsp3) is 0.444. The lowest BCUT2D eigenvalue weighted by Gasteiger charge is -2.23. The normalized spacial score (nSPS) is 17.7. The molecule has 1 aromatic carbocycles. The van der Waals surface area contributed by atoms with Crippen LogP contribution in [0.3, 0.4) is 0 Å². The first-order chi connectivity index (χ1) is 11.2. The van der Waals surface area contributed by atoms with Crippen LogP contribution >= 0.6 is 0 Å². The van der Waals surface area contributed by atoms with E-state index in [4.69, 9.17) is 4.52 Å². The van der Waals surface area contributed by atoms with Crippen molar-refractivity contribution in [3.63, 3.8) is 0 Å². The molecule has 1 atom stereocenters. The molecule has 23 heavy (non-hydrogen) atoms. The van der Waals surface area contributed by atoms with Gasteiger partial charge in [0.1, 0.15) is 17.3 Å². The summed E-state index contributed by atoms with van der Waals surface area (Å²) in [5, 5.41) is 4.15. The first-order valence-electron chi connectivity index (χ1n) is 8.16. The molecule has 0 aliphatic carbocycles. The van der Waals surface area contributed by atoms with Gasteiger partial charge in [-0.3, -0.25) is 4.79 Å². The fourth-order valence-corrected chi connectivity index (χ4v) is 3.10. The van der Waals surface area contributed by atoms with Gasteiger partial charge in [-0.25, -0.2) is 4.39 Å². The van der Waals surface area contributed by atoms with Gasteiger partial charge in [-0.1, -0.05) is 24.2 Å². The van der Waals surface area contributed by atoms with Crippen LogP contribution in [-0.4, -0.2) is 22.5 Å². The molecule has 1 aromatic heterocycles. The number of amides is 1. The maximum Gasteiger partial charge on any atom is 0.227 e. The smallest absolute Gasteiger partial charge is 0.227 e. The minimum absolute atomic E-state index is 0.00250. The number of hydrogen-bond donors (Lipinski definition) is 0. The summed E-state index contributed by atoms with van der Waals surface area (Å²) in [7, 11) is 0. The van der Waals surface area contributed by atoms with Gasteiger partial charge in [0.2, 0.25) is 5.91 Å². The van der Waals surface area contributed by atoms with Gasteiger partial charge in [-0.05, 0) is 37.0 Å². The standard InChI is InChI=1S/C18H21FN2O2/c1-2-4-15-12-16(20-23-15)17-5-3-10-21(17)18(22)11-13-6-8-14(19)9-7-13/h6-9,12,17H,2-5,10-11H2,1H3/t17-/m1/s1. The highest BCUT2D eigenvalue weighted by Crippen LogP contribution is 2.32. The van der Waals surface area contributed by atoms with E-state index in [-0.39, 0.29) is 24.2 Å². The lowest BCUT2D eigenvalue weighted by molar-refractivity contribution is -0.131. The van der Waals surface area contributed by atoms with Crippen LogP contribution in [0.25, 0.3) is 0 Å². The van der Waals surface area contributed by atoms with Crippen LogP contribution in [-0.2, 0) is 17.6 Å². The molecule has 1 fully saturated rings. The molecule has 1 amide bonds. The van der Waals surface area contributed by atoms with Crippen molar-refractivity contribution in [2.24, 2.45) is 0 Å². The molecule has 1 aliphatic rings. The summed E-state index contributed by atoms with van der Waals surface area (Å²) in [6, 6.07) is 8.06. The number of halogens is 1. The van der Waals surface area contributed by atoms with Gasteiger partial charge >= 0.3 is 0 Å². The molecule has 2 aromatic rings. The van der Waals surface area contributed by atoms with Crippen LogP contribution in [0.15, 0.2) is 34.9 Å². The van der Waals surface area contributed by atoms with E-state index in [0.717, 1.165) is 49.2 Å². The maximum atomic E-state index is 13.0. The Morgan fingerprint density at radius 3 is 2.91 bits per heavy atom. The van der Waals surface area contributed by atoms with Gasteiger partial charge < -0.3 is 9.42 Å². The number of rotatable bonds is 5. The Labute approximate surface area is 135 Å².